The first-order valence-corrected chi connectivity index (χ1v) is 43.8. The van der Waals surface area contributed by atoms with E-state index in [4.69, 9.17) is 32.3 Å². The molecule has 0 aromatic heterocycles. The third kappa shape index (κ3) is 78.8. The van der Waals surface area contributed by atoms with Gasteiger partial charge in [0.2, 0.25) is 0 Å². The first kappa shape index (κ1) is 98.9. The second kappa shape index (κ2) is 77.6. The summed E-state index contributed by atoms with van der Waals surface area (Å²) in [6, 6.07) is 0. The number of esters is 3. The number of ether oxygens (including phenoxy) is 3. The first-order chi connectivity index (χ1) is 50.2. The molecule has 0 spiro atoms. The van der Waals surface area contributed by atoms with E-state index < -0.39 is 91.5 Å². The molecule has 4 N–H and O–H groups in total. The minimum atomic E-state index is -4.93. The van der Waals surface area contributed by atoms with Crippen LogP contribution >= 0.6 is 15.6 Å². The van der Waals surface area contributed by atoms with Crippen LogP contribution in [0.1, 0.15) is 342 Å². The maximum atomic E-state index is 13.0. The Morgan fingerprint density at radius 2 is 0.515 bits per heavy atom. The molecule has 0 aromatic carbocycles. The summed E-state index contributed by atoms with van der Waals surface area (Å²) in [6.07, 6.45) is 92.3. The summed E-state index contributed by atoms with van der Waals surface area (Å²) in [5.41, 5.74) is 0. The first-order valence-electron chi connectivity index (χ1n) is 40.8. The minimum absolute atomic E-state index is 0.106. The maximum absolute atomic E-state index is 13.0. The van der Waals surface area contributed by atoms with Crippen LogP contribution in [0, 0.1) is 0 Å². The van der Waals surface area contributed by atoms with Crippen molar-refractivity contribution < 1.29 is 75.8 Å². The summed E-state index contributed by atoms with van der Waals surface area (Å²) in [7, 11) is -9.79. The highest BCUT2D eigenvalue weighted by atomic mass is 31.2. The Bertz CT molecular complexity index is 2360. The van der Waals surface area contributed by atoms with Crippen molar-refractivity contribution in [2.75, 3.05) is 39.6 Å². The van der Waals surface area contributed by atoms with E-state index in [0.717, 1.165) is 148 Å². The van der Waals surface area contributed by atoms with Crippen molar-refractivity contribution in [3.8, 4) is 0 Å². The van der Waals surface area contributed by atoms with E-state index >= 15 is 0 Å². The van der Waals surface area contributed by atoms with Crippen LogP contribution in [0.2, 0.25) is 0 Å². The van der Waals surface area contributed by atoms with E-state index in [1.807, 2.05) is 0 Å². The van der Waals surface area contributed by atoms with Gasteiger partial charge in [0.1, 0.15) is 25.4 Å². The fraction of sp³-hybridized carbons (Fsp3) is 0.729. The molecular formula is C85H148O16P2. The molecule has 0 saturated carbocycles. The van der Waals surface area contributed by atoms with Gasteiger partial charge in [-0.15, -0.1) is 0 Å². The third-order valence-corrected chi connectivity index (χ3v) is 19.1. The van der Waals surface area contributed by atoms with Gasteiger partial charge in [-0.25, -0.2) is 9.13 Å². The van der Waals surface area contributed by atoms with Crippen LogP contribution in [0.4, 0.5) is 0 Å². The lowest BCUT2D eigenvalue weighted by atomic mass is 10.0. The summed E-state index contributed by atoms with van der Waals surface area (Å²) in [4.78, 5) is 58.7. The molecule has 16 nitrogen and oxygen atoms in total. The van der Waals surface area contributed by atoms with Gasteiger partial charge >= 0.3 is 33.6 Å². The monoisotopic (exact) mass is 1490 g/mol. The minimum Gasteiger partial charge on any atom is -0.463 e. The van der Waals surface area contributed by atoms with Gasteiger partial charge in [-0.2, -0.15) is 0 Å². The molecule has 103 heavy (non-hydrogen) atoms. The van der Waals surface area contributed by atoms with Crippen LogP contribution in [-0.4, -0.2) is 95.9 Å². The van der Waals surface area contributed by atoms with E-state index in [-0.39, 0.29) is 19.3 Å². The van der Waals surface area contributed by atoms with E-state index in [9.17, 15) is 43.5 Å². The predicted molar refractivity (Wildman–Crippen MR) is 427 cm³/mol. The van der Waals surface area contributed by atoms with Crippen molar-refractivity contribution in [2.45, 2.75) is 360 Å². The van der Waals surface area contributed by atoms with Gasteiger partial charge in [-0.3, -0.25) is 32.5 Å². The van der Waals surface area contributed by atoms with Gasteiger partial charge in [0, 0.05) is 19.3 Å². The summed E-state index contributed by atoms with van der Waals surface area (Å²) in [5.74, 6) is -1.58. The van der Waals surface area contributed by atoms with Crippen molar-refractivity contribution in [3.63, 3.8) is 0 Å². The fourth-order valence-electron chi connectivity index (χ4n) is 11.0. The van der Waals surface area contributed by atoms with E-state index in [1.165, 1.54) is 135 Å². The molecule has 0 bridgehead atoms. The summed E-state index contributed by atoms with van der Waals surface area (Å²) in [5, 5.41) is 20.6. The molecule has 0 aromatic rings. The van der Waals surface area contributed by atoms with Crippen LogP contribution < -0.4 is 0 Å². The summed E-state index contributed by atoms with van der Waals surface area (Å²) >= 11 is 0. The zero-order valence-corrected chi connectivity index (χ0v) is 66.7. The number of carbonyl (C=O) groups is 3. The van der Waals surface area contributed by atoms with Crippen molar-refractivity contribution in [2.24, 2.45) is 0 Å². The number of carbonyl (C=O) groups excluding carboxylic acids is 3. The molecule has 0 amide bonds. The molecule has 5 unspecified atom stereocenters. The van der Waals surface area contributed by atoms with Gasteiger partial charge in [-0.1, -0.05) is 328 Å². The zero-order chi connectivity index (χ0) is 75.2. The van der Waals surface area contributed by atoms with E-state index in [2.05, 4.69) is 142 Å². The third-order valence-electron chi connectivity index (χ3n) is 17.2. The van der Waals surface area contributed by atoms with Crippen molar-refractivity contribution in [1.82, 2.24) is 0 Å². The number of rotatable bonds is 77. The van der Waals surface area contributed by atoms with Gasteiger partial charge in [0.15, 0.2) is 6.10 Å². The number of allylic oxidation sites excluding steroid dienone is 20. The van der Waals surface area contributed by atoms with Crippen LogP contribution in [0.15, 0.2) is 122 Å². The molecular weight excluding hydrogens is 1340 g/mol. The molecule has 0 aliphatic heterocycles. The zero-order valence-electron chi connectivity index (χ0n) is 65.0. The summed E-state index contributed by atoms with van der Waals surface area (Å²) in [6.45, 7) is 2.56. The second-order valence-electron chi connectivity index (χ2n) is 27.2. The Morgan fingerprint density at radius 3 is 0.835 bits per heavy atom. The number of aliphatic hydroxyl groups is 2. The van der Waals surface area contributed by atoms with E-state index in [0.29, 0.717) is 19.3 Å². The van der Waals surface area contributed by atoms with Gasteiger partial charge in [0.05, 0.1) is 26.4 Å². The largest absolute Gasteiger partial charge is 0.472 e. The highest BCUT2D eigenvalue weighted by molar-refractivity contribution is 7.47. The van der Waals surface area contributed by atoms with Crippen molar-refractivity contribution in [3.05, 3.63) is 122 Å². The molecule has 0 fully saturated rings. The van der Waals surface area contributed by atoms with Crippen LogP contribution in [0.5, 0.6) is 0 Å². The molecule has 0 heterocycles. The molecule has 18 heteroatoms. The number of phosphoric acid groups is 2. The van der Waals surface area contributed by atoms with Gasteiger partial charge in [0.25, 0.3) is 0 Å². The van der Waals surface area contributed by atoms with Gasteiger partial charge in [-0.05, 0) is 116 Å². The second-order valence-corrected chi connectivity index (χ2v) is 30.1. The molecule has 594 valence electrons. The van der Waals surface area contributed by atoms with E-state index in [1.54, 1.807) is 0 Å². The molecule has 0 rings (SSSR count). The number of hydrogen-bond acceptors (Lipinski definition) is 14. The summed E-state index contributed by atoms with van der Waals surface area (Å²) < 4.78 is 61.2. The molecule has 0 radical (unpaired) electrons. The Labute approximate surface area is 627 Å². The number of unbranched alkanes of at least 4 members (excludes halogenated alkanes) is 34. The Morgan fingerprint density at radius 1 is 0.282 bits per heavy atom. The Kier molecular flexibility index (Phi) is 74.5. The molecule has 0 saturated heterocycles. The maximum Gasteiger partial charge on any atom is 0.472 e. The number of aliphatic hydroxyl groups excluding tert-OH is 2. The lowest BCUT2D eigenvalue weighted by Gasteiger charge is -2.21. The average molecular weight is 1490 g/mol. The molecule has 5 atom stereocenters. The fourth-order valence-corrected chi connectivity index (χ4v) is 12.6. The van der Waals surface area contributed by atoms with Crippen LogP contribution in [-0.2, 0) is 55.8 Å². The van der Waals surface area contributed by atoms with Crippen LogP contribution in [0.3, 0.4) is 0 Å². The Balaban J connectivity index is 4.58. The normalized spacial score (nSPS) is 14.6. The van der Waals surface area contributed by atoms with Crippen LogP contribution in [0.25, 0.3) is 0 Å². The quantitative estimate of drug-likeness (QED) is 0.0146. The SMILES string of the molecule is CC/C=C\C/C=C\C/C=C\C/C=C\C/C=C\C/C=C\CCCCCCCCCCC(=O)OCC(O)COP(=O)(O)OCC(O)COP(=O)(O)OCC(COC(=O)CCCCCCCCCCC/C=C\C/C=C\C/C=C\C/C=C\CCCCC)OC(=O)CCCCCCCCCCCCCCCCC. The highest BCUT2D eigenvalue weighted by Gasteiger charge is 2.29. The highest BCUT2D eigenvalue weighted by Crippen LogP contribution is 2.45. The predicted octanol–water partition coefficient (Wildman–Crippen LogP) is 24.1. The topological polar surface area (TPSA) is 231 Å². The molecule has 0 aliphatic rings. The van der Waals surface area contributed by atoms with Crippen molar-refractivity contribution in [1.29, 1.82) is 0 Å². The lowest BCUT2D eigenvalue weighted by molar-refractivity contribution is -0.161. The Hall–Kier alpha value is -4.05. The smallest absolute Gasteiger partial charge is 0.463 e. The standard InChI is InChI=1S/C85H148O16P2/c1-4-7-10-13-16-19-22-25-28-30-32-34-36-38-39-41-43-44-46-48-51-53-56-59-62-65-68-71-83(88)95-74-80(86)75-97-102(91,92)98-76-81(87)77-99-103(93,94)100-79-82(101-85(90)73-70-67-64-61-58-55-50-27-24-21-18-15-12-9-6-3)78-96-84(89)72-69-66-63-60-57-54-52-49-47-45-42-40-37-35-33-31-29-26-23-20-17-14-11-8-5-2/h7,10,16-17,19-20,25-26,28-29,32-35,38-40,42-44,80-82,86-87H,4-6,8-9,11-15,18,21-24,27,30-31,36-37,41,45-79H2,1-3H3,(H,91,92)(H,93,94)/b10-7-,19-16-,20-17-,28-25-,29-26-,34-32-,35-33-,39-38-,42-40-,44-43-. The lowest BCUT2D eigenvalue weighted by Crippen LogP contribution is -2.30. The molecule has 0 aliphatic carbocycles. The number of hydrogen-bond donors (Lipinski definition) is 4. The average Bonchev–Trinajstić information content (AvgIpc) is 0.922. The van der Waals surface area contributed by atoms with Gasteiger partial charge < -0.3 is 34.2 Å². The van der Waals surface area contributed by atoms with Crippen molar-refractivity contribution >= 4 is 33.6 Å². The number of phosphoric ester groups is 2.